The summed E-state index contributed by atoms with van der Waals surface area (Å²) in [6.07, 6.45) is 2.21. The van der Waals surface area contributed by atoms with Gasteiger partial charge < -0.3 is 19.9 Å². The Morgan fingerprint density at radius 3 is 2.12 bits per heavy atom. The van der Waals surface area contributed by atoms with Crippen LogP contribution in [0.15, 0.2) is 60.7 Å². The van der Waals surface area contributed by atoms with Crippen molar-refractivity contribution >= 4 is 18.0 Å². The number of carbonyl (C=O) groups is 3. The van der Waals surface area contributed by atoms with E-state index in [4.69, 9.17) is 19.9 Å². The van der Waals surface area contributed by atoms with E-state index in [9.17, 15) is 14.4 Å². The third-order valence-electron chi connectivity index (χ3n) is 5.36. The molecule has 176 valence electrons. The summed E-state index contributed by atoms with van der Waals surface area (Å²) in [6, 6.07) is 17.3. The second-order valence-electron chi connectivity index (χ2n) is 8.02. The minimum absolute atomic E-state index is 0.0265. The van der Waals surface area contributed by atoms with E-state index in [2.05, 4.69) is 5.32 Å². The maximum Gasteiger partial charge on any atom is 0.409 e. The number of benzene rings is 2. The van der Waals surface area contributed by atoms with E-state index in [0.717, 1.165) is 43.2 Å². The van der Waals surface area contributed by atoms with Crippen LogP contribution in [0.3, 0.4) is 0 Å². The van der Waals surface area contributed by atoms with Crippen LogP contribution >= 0.6 is 0 Å². The van der Waals surface area contributed by atoms with Crippen LogP contribution in [0, 0.1) is 0 Å². The summed E-state index contributed by atoms with van der Waals surface area (Å²) in [5.74, 6) is -1.91. The summed E-state index contributed by atoms with van der Waals surface area (Å²) in [5.41, 5.74) is 7.55. The molecular formula is C25H30N2O6. The summed E-state index contributed by atoms with van der Waals surface area (Å²) in [6.45, 7) is 0.0265. The van der Waals surface area contributed by atoms with Crippen LogP contribution < -0.4 is 11.1 Å². The SMILES string of the molecule is N[C@@H](Cc1ccccc1)C(=O)OC(=O)C(NC(=O)OCc1ccccc1)OC1CCCCC1. The van der Waals surface area contributed by atoms with Crippen LogP contribution in [0.2, 0.25) is 0 Å². The van der Waals surface area contributed by atoms with E-state index in [1.165, 1.54) is 0 Å². The number of hydrogen-bond acceptors (Lipinski definition) is 7. The van der Waals surface area contributed by atoms with E-state index in [-0.39, 0.29) is 19.1 Å². The first kappa shape index (κ1) is 24.4. The Morgan fingerprint density at radius 1 is 0.879 bits per heavy atom. The Labute approximate surface area is 193 Å². The van der Waals surface area contributed by atoms with Crippen LogP contribution in [-0.2, 0) is 36.8 Å². The number of hydrogen-bond donors (Lipinski definition) is 2. The highest BCUT2D eigenvalue weighted by Crippen LogP contribution is 2.21. The fraction of sp³-hybridized carbons (Fsp3) is 0.400. The molecule has 1 fully saturated rings. The number of ether oxygens (including phenoxy) is 3. The summed E-state index contributed by atoms with van der Waals surface area (Å²) < 4.78 is 15.9. The third kappa shape index (κ3) is 8.32. The lowest BCUT2D eigenvalue weighted by Crippen LogP contribution is -2.48. The number of carbonyl (C=O) groups excluding carboxylic acids is 3. The number of amides is 1. The molecular weight excluding hydrogens is 424 g/mol. The van der Waals surface area contributed by atoms with Gasteiger partial charge in [0.25, 0.3) is 0 Å². The maximum atomic E-state index is 12.7. The molecule has 0 aromatic heterocycles. The van der Waals surface area contributed by atoms with Crippen molar-refractivity contribution in [1.29, 1.82) is 0 Å². The van der Waals surface area contributed by atoms with Crippen LogP contribution in [0.4, 0.5) is 4.79 Å². The molecule has 1 unspecified atom stereocenters. The molecule has 8 heteroatoms. The van der Waals surface area contributed by atoms with Crippen LogP contribution in [0.5, 0.6) is 0 Å². The smallest absolute Gasteiger partial charge is 0.409 e. The van der Waals surface area contributed by atoms with Gasteiger partial charge in [0.05, 0.1) is 6.10 Å². The van der Waals surface area contributed by atoms with Crippen molar-refractivity contribution in [2.75, 3.05) is 0 Å². The standard InChI is InChI=1S/C25H30N2O6/c26-21(16-18-10-4-1-5-11-18)23(28)33-24(29)22(32-20-14-8-3-9-15-20)27-25(30)31-17-19-12-6-2-7-13-19/h1-2,4-7,10-13,20-22H,3,8-9,14-17,26H2,(H,27,30)/t21-,22?/m0/s1. The van der Waals surface area contributed by atoms with Crippen LogP contribution in [0.25, 0.3) is 0 Å². The molecule has 0 heterocycles. The second kappa shape index (κ2) is 12.7. The van der Waals surface area contributed by atoms with E-state index in [0.29, 0.717) is 0 Å². The minimum atomic E-state index is -1.47. The summed E-state index contributed by atoms with van der Waals surface area (Å²) in [7, 11) is 0. The van der Waals surface area contributed by atoms with Crippen molar-refractivity contribution in [3.05, 3.63) is 71.8 Å². The van der Waals surface area contributed by atoms with Crippen molar-refractivity contribution in [3.63, 3.8) is 0 Å². The molecule has 1 aliphatic carbocycles. The summed E-state index contributed by atoms with van der Waals surface area (Å²) in [5, 5.41) is 2.38. The Kier molecular flexibility index (Phi) is 9.41. The molecule has 0 radical (unpaired) electrons. The highest BCUT2D eigenvalue weighted by atomic mass is 16.6. The van der Waals surface area contributed by atoms with Gasteiger partial charge >= 0.3 is 18.0 Å². The van der Waals surface area contributed by atoms with Gasteiger partial charge in [-0.25, -0.2) is 14.4 Å². The Bertz CT molecular complexity index is 900. The molecule has 3 rings (SSSR count). The van der Waals surface area contributed by atoms with Gasteiger partial charge in [0.2, 0.25) is 6.23 Å². The van der Waals surface area contributed by atoms with E-state index < -0.39 is 30.3 Å². The molecule has 0 bridgehead atoms. The first-order chi connectivity index (χ1) is 16.0. The molecule has 2 atom stereocenters. The van der Waals surface area contributed by atoms with Crippen molar-refractivity contribution < 1.29 is 28.6 Å². The lowest BCUT2D eigenvalue weighted by atomic mass is 9.98. The number of nitrogens with two attached hydrogens (primary N) is 1. The maximum absolute atomic E-state index is 12.7. The van der Waals surface area contributed by atoms with Gasteiger partial charge in [-0.2, -0.15) is 0 Å². The Balaban J connectivity index is 1.57. The fourth-order valence-electron chi connectivity index (χ4n) is 3.59. The number of alkyl carbamates (subject to hydrolysis) is 1. The highest BCUT2D eigenvalue weighted by molar-refractivity contribution is 5.91. The van der Waals surface area contributed by atoms with Crippen LogP contribution in [-0.4, -0.2) is 36.4 Å². The predicted molar refractivity (Wildman–Crippen MR) is 121 cm³/mol. The topological polar surface area (TPSA) is 117 Å². The molecule has 3 N–H and O–H groups in total. The van der Waals surface area contributed by atoms with E-state index in [1.807, 2.05) is 60.7 Å². The molecule has 0 aliphatic heterocycles. The minimum Gasteiger partial charge on any atom is -0.445 e. The molecule has 2 aromatic carbocycles. The zero-order chi connectivity index (χ0) is 23.5. The van der Waals surface area contributed by atoms with Gasteiger partial charge in [-0.1, -0.05) is 79.9 Å². The van der Waals surface area contributed by atoms with Gasteiger partial charge in [-0.3, -0.25) is 5.32 Å². The molecule has 1 saturated carbocycles. The normalized spacial score (nSPS) is 15.8. The average molecular weight is 455 g/mol. The fourth-order valence-corrected chi connectivity index (χ4v) is 3.59. The average Bonchev–Trinajstić information content (AvgIpc) is 2.84. The summed E-state index contributed by atoms with van der Waals surface area (Å²) in [4.78, 5) is 37.4. The van der Waals surface area contributed by atoms with E-state index in [1.54, 1.807) is 0 Å². The van der Waals surface area contributed by atoms with Gasteiger partial charge in [0, 0.05) is 0 Å². The summed E-state index contributed by atoms with van der Waals surface area (Å²) >= 11 is 0. The van der Waals surface area contributed by atoms with Gasteiger partial charge in [0.1, 0.15) is 12.6 Å². The van der Waals surface area contributed by atoms with Crippen molar-refractivity contribution in [2.45, 2.75) is 63.5 Å². The Morgan fingerprint density at radius 2 is 1.48 bits per heavy atom. The highest BCUT2D eigenvalue weighted by Gasteiger charge is 2.31. The molecule has 33 heavy (non-hydrogen) atoms. The molecule has 0 spiro atoms. The van der Waals surface area contributed by atoms with Crippen molar-refractivity contribution in [1.82, 2.24) is 5.32 Å². The lowest BCUT2D eigenvalue weighted by Gasteiger charge is -2.26. The molecule has 0 saturated heterocycles. The number of esters is 2. The quantitative estimate of drug-likeness (QED) is 0.339. The van der Waals surface area contributed by atoms with Gasteiger partial charge in [-0.15, -0.1) is 0 Å². The first-order valence-electron chi connectivity index (χ1n) is 11.2. The molecule has 1 aliphatic rings. The molecule has 2 aromatic rings. The molecule has 1 amide bonds. The lowest BCUT2D eigenvalue weighted by molar-refractivity contribution is -0.174. The van der Waals surface area contributed by atoms with Gasteiger partial charge in [0.15, 0.2) is 0 Å². The van der Waals surface area contributed by atoms with E-state index >= 15 is 0 Å². The zero-order valence-electron chi connectivity index (χ0n) is 18.5. The number of rotatable bonds is 9. The van der Waals surface area contributed by atoms with Crippen LogP contribution in [0.1, 0.15) is 43.2 Å². The Hall–Kier alpha value is -3.23. The monoisotopic (exact) mass is 454 g/mol. The van der Waals surface area contributed by atoms with Crippen molar-refractivity contribution in [2.24, 2.45) is 5.73 Å². The largest absolute Gasteiger partial charge is 0.445 e. The van der Waals surface area contributed by atoms with Gasteiger partial charge in [-0.05, 0) is 30.4 Å². The second-order valence-corrected chi connectivity index (χ2v) is 8.02. The zero-order valence-corrected chi connectivity index (χ0v) is 18.5. The van der Waals surface area contributed by atoms with Crippen molar-refractivity contribution in [3.8, 4) is 0 Å². The molecule has 8 nitrogen and oxygen atoms in total. The predicted octanol–water partition coefficient (Wildman–Crippen LogP) is 3.23. The third-order valence-corrected chi connectivity index (χ3v) is 5.36. The first-order valence-corrected chi connectivity index (χ1v) is 11.2. The number of nitrogens with one attached hydrogen (secondary N) is 1.